The molecule has 1 heterocycles. The van der Waals surface area contributed by atoms with Crippen molar-refractivity contribution in [2.45, 2.75) is 38.3 Å². The van der Waals surface area contributed by atoms with Crippen LogP contribution in [0.25, 0.3) is 0 Å². The van der Waals surface area contributed by atoms with Crippen LogP contribution in [0.15, 0.2) is 24.3 Å². The Balaban J connectivity index is 2.71. The maximum Gasteiger partial charge on any atom is 0.405 e. The number of halogens is 2. The van der Waals surface area contributed by atoms with Gasteiger partial charge in [-0.3, -0.25) is 0 Å². The Labute approximate surface area is 126 Å². The summed E-state index contributed by atoms with van der Waals surface area (Å²) in [6.07, 6.45) is 1.07. The molecule has 0 saturated heterocycles. The van der Waals surface area contributed by atoms with Crippen LogP contribution in [0.1, 0.15) is 38.4 Å². The molecule has 1 aromatic rings. The Morgan fingerprint density at radius 2 is 2.10 bits per heavy atom. The largest absolute Gasteiger partial charge is 0.465 e. The lowest BCUT2D eigenvalue weighted by atomic mass is 9.92. The van der Waals surface area contributed by atoms with Crippen molar-refractivity contribution in [2.24, 2.45) is 0 Å². The number of nitrogens with zero attached hydrogens (tertiary/aromatic N) is 2. The van der Waals surface area contributed by atoms with Gasteiger partial charge in [-0.15, -0.1) is 0 Å². The van der Waals surface area contributed by atoms with Gasteiger partial charge in [-0.1, -0.05) is 0 Å². The zero-order valence-electron chi connectivity index (χ0n) is 11.7. The van der Waals surface area contributed by atoms with Gasteiger partial charge in [0.1, 0.15) is 6.10 Å². The minimum atomic E-state index is -1.20. The van der Waals surface area contributed by atoms with E-state index in [9.17, 15) is 14.3 Å². The Bertz CT molecular complexity index is 520. The summed E-state index contributed by atoms with van der Waals surface area (Å²) in [5.74, 6) is 0. The monoisotopic (exact) mass is 317 g/mol. The van der Waals surface area contributed by atoms with Gasteiger partial charge in [0.05, 0.1) is 6.33 Å². The highest BCUT2D eigenvalue weighted by Crippen LogP contribution is 2.27. The smallest absolute Gasteiger partial charge is 0.405 e. The van der Waals surface area contributed by atoms with Crippen molar-refractivity contribution in [2.75, 3.05) is 0 Å². The second-order valence-corrected chi connectivity index (χ2v) is 5.52. The van der Waals surface area contributed by atoms with Gasteiger partial charge in [-0.25, -0.2) is 19.2 Å². The van der Waals surface area contributed by atoms with Gasteiger partial charge >= 0.3 is 6.09 Å². The predicted molar refractivity (Wildman–Crippen MR) is 75.7 cm³/mol. The number of amides is 1. The third kappa shape index (κ3) is 5.65. The van der Waals surface area contributed by atoms with Crippen molar-refractivity contribution in [3.63, 3.8) is 0 Å². The maximum atomic E-state index is 13.0. The molecule has 0 spiro atoms. The van der Waals surface area contributed by atoms with E-state index >= 15 is 0 Å². The fourth-order valence-electron chi connectivity index (χ4n) is 1.74. The quantitative estimate of drug-likeness (QED) is 0.701. The first-order valence-electron chi connectivity index (χ1n) is 6.21. The van der Waals surface area contributed by atoms with Crippen LogP contribution < -0.4 is 5.32 Å². The summed E-state index contributed by atoms with van der Waals surface area (Å²) in [4.78, 5) is 18.1. The van der Waals surface area contributed by atoms with Crippen molar-refractivity contribution in [1.29, 1.82) is 0 Å². The van der Waals surface area contributed by atoms with Gasteiger partial charge in [-0.05, 0) is 43.9 Å². The summed E-state index contributed by atoms with van der Waals surface area (Å²) in [5, 5.41) is 21.1. The summed E-state index contributed by atoms with van der Waals surface area (Å²) in [6, 6.07) is 0. The molecule has 1 aromatic heterocycles. The Kier molecular flexibility index (Phi) is 6.04. The van der Waals surface area contributed by atoms with Crippen LogP contribution in [-0.4, -0.2) is 31.8 Å². The van der Waals surface area contributed by atoms with Crippen molar-refractivity contribution < 1.29 is 19.4 Å². The number of aliphatic hydroxyl groups is 1. The first kappa shape index (κ1) is 17.3. The predicted octanol–water partition coefficient (Wildman–Crippen LogP) is 2.84. The fraction of sp³-hybridized carbons (Fsp3) is 0.462. The molecule has 1 unspecified atom stereocenters. The highest BCUT2D eigenvalue weighted by atomic mass is 35.5. The Hall–Kier alpha value is -1.73. The Morgan fingerprint density at radius 3 is 2.57 bits per heavy atom. The molecule has 1 rings (SSSR count). The van der Waals surface area contributed by atoms with Crippen molar-refractivity contribution in [3.8, 4) is 0 Å². The number of carbonyl (C=O) groups is 1. The van der Waals surface area contributed by atoms with Crippen LogP contribution in [0.5, 0.6) is 0 Å². The molecule has 0 fully saturated rings. The normalized spacial score (nSPS) is 13.9. The molecule has 116 valence electrons. The molecule has 0 aliphatic heterocycles. The second-order valence-electron chi connectivity index (χ2n) is 5.19. The van der Waals surface area contributed by atoms with Crippen LogP contribution >= 0.6 is 11.6 Å². The van der Waals surface area contributed by atoms with Gasteiger partial charge in [0, 0.05) is 23.5 Å². The topological polar surface area (TPSA) is 95.3 Å². The lowest BCUT2D eigenvalue weighted by Crippen LogP contribution is -2.42. The summed E-state index contributed by atoms with van der Waals surface area (Å²) in [6.45, 7) is 3.35. The highest BCUT2D eigenvalue weighted by Gasteiger charge is 2.23. The van der Waals surface area contributed by atoms with Crippen LogP contribution in [0, 0.1) is 0 Å². The van der Waals surface area contributed by atoms with Gasteiger partial charge in [0.25, 0.3) is 0 Å². The van der Waals surface area contributed by atoms with Crippen molar-refractivity contribution >= 4 is 17.7 Å². The average molecular weight is 318 g/mol. The highest BCUT2D eigenvalue weighted by molar-refractivity contribution is 6.28. The molecule has 0 aliphatic rings. The minimum absolute atomic E-state index is 0.0310. The lowest BCUT2D eigenvalue weighted by molar-refractivity contribution is 0.178. The van der Waals surface area contributed by atoms with Crippen LogP contribution in [-0.2, 0) is 0 Å². The third-order valence-corrected chi connectivity index (χ3v) is 3.13. The van der Waals surface area contributed by atoms with E-state index in [0.29, 0.717) is 18.3 Å². The number of rotatable bonds is 6. The maximum absolute atomic E-state index is 13.0. The molecule has 0 bridgehead atoms. The van der Waals surface area contributed by atoms with Crippen molar-refractivity contribution in [1.82, 2.24) is 15.3 Å². The van der Waals surface area contributed by atoms with Crippen LogP contribution in [0.3, 0.4) is 0 Å². The molecule has 1 atom stereocenters. The molecule has 0 radical (unpaired) electrons. The van der Waals surface area contributed by atoms with Crippen LogP contribution in [0.2, 0.25) is 5.28 Å². The van der Waals surface area contributed by atoms with Gasteiger partial charge in [0.2, 0.25) is 5.28 Å². The number of aromatic nitrogens is 2. The lowest BCUT2D eigenvalue weighted by Gasteiger charge is -2.25. The second kappa shape index (κ2) is 7.33. The van der Waals surface area contributed by atoms with E-state index in [1.807, 2.05) is 0 Å². The SMILES string of the molecule is CC(C)(CC/C(=C\F)C(O)c1cnc(Cl)nc1)NC(=O)O. The fourth-order valence-corrected chi connectivity index (χ4v) is 1.83. The zero-order valence-corrected chi connectivity index (χ0v) is 12.4. The molecule has 0 aliphatic carbocycles. The minimum Gasteiger partial charge on any atom is -0.465 e. The molecule has 8 heteroatoms. The summed E-state index contributed by atoms with van der Waals surface area (Å²) >= 11 is 5.54. The van der Waals surface area contributed by atoms with E-state index in [1.54, 1.807) is 13.8 Å². The van der Waals surface area contributed by atoms with Gasteiger partial charge in [0.15, 0.2) is 0 Å². The van der Waals surface area contributed by atoms with Crippen LogP contribution in [0.4, 0.5) is 9.18 Å². The number of hydrogen-bond donors (Lipinski definition) is 3. The third-order valence-electron chi connectivity index (χ3n) is 2.93. The van der Waals surface area contributed by atoms with E-state index in [4.69, 9.17) is 16.7 Å². The zero-order chi connectivity index (χ0) is 16.0. The van der Waals surface area contributed by atoms with E-state index in [-0.39, 0.29) is 17.3 Å². The van der Waals surface area contributed by atoms with Crippen molar-refractivity contribution in [3.05, 3.63) is 35.1 Å². The first-order chi connectivity index (χ1) is 9.75. The summed E-state index contributed by atoms with van der Waals surface area (Å²) in [7, 11) is 0. The van der Waals surface area contributed by atoms with E-state index < -0.39 is 17.7 Å². The van der Waals surface area contributed by atoms with E-state index in [1.165, 1.54) is 12.4 Å². The average Bonchev–Trinajstić information content (AvgIpc) is 2.38. The number of nitrogens with one attached hydrogen (secondary N) is 1. The number of aliphatic hydroxyl groups excluding tert-OH is 1. The molecule has 0 aromatic carbocycles. The number of hydrogen-bond acceptors (Lipinski definition) is 4. The summed E-state index contributed by atoms with van der Waals surface area (Å²) in [5.41, 5.74) is -0.315. The van der Waals surface area contributed by atoms with E-state index in [2.05, 4.69) is 15.3 Å². The van der Waals surface area contributed by atoms with Gasteiger partial charge < -0.3 is 15.5 Å². The molecule has 3 N–H and O–H groups in total. The van der Waals surface area contributed by atoms with Gasteiger partial charge in [-0.2, -0.15) is 0 Å². The molecular formula is C13H17ClFN3O3. The Morgan fingerprint density at radius 1 is 1.52 bits per heavy atom. The molecule has 0 saturated carbocycles. The van der Waals surface area contributed by atoms with E-state index in [0.717, 1.165) is 0 Å². The standard InChI is InChI=1S/C13H17ClFN3O3/c1-13(2,18-12(20)21)4-3-8(5-15)10(19)9-6-16-11(14)17-7-9/h5-7,10,18-19H,3-4H2,1-2H3,(H,20,21)/b8-5+. The molecule has 6 nitrogen and oxygen atoms in total. The number of carboxylic acid groups (broad SMARTS) is 1. The molecule has 21 heavy (non-hydrogen) atoms. The molecule has 1 amide bonds. The molecular weight excluding hydrogens is 301 g/mol. The first-order valence-corrected chi connectivity index (χ1v) is 6.59. The summed E-state index contributed by atoms with van der Waals surface area (Å²) < 4.78 is 13.0.